The number of rotatable bonds is 6. The van der Waals surface area contributed by atoms with Crippen molar-refractivity contribution in [3.05, 3.63) is 23.8 Å². The van der Waals surface area contributed by atoms with Gasteiger partial charge in [-0.05, 0) is 42.3 Å². The predicted molar refractivity (Wildman–Crippen MR) is 67.1 cm³/mol. The molecule has 0 saturated carbocycles. The lowest BCUT2D eigenvalue weighted by molar-refractivity contribution is -0.0500. The fourth-order valence-electron chi connectivity index (χ4n) is 1.39. The van der Waals surface area contributed by atoms with E-state index in [1.54, 1.807) is 0 Å². The van der Waals surface area contributed by atoms with E-state index in [9.17, 15) is 22.0 Å². The van der Waals surface area contributed by atoms with Crippen LogP contribution >= 0.6 is 27.7 Å². The first-order valence-electron chi connectivity index (χ1n) is 5.21. The lowest BCUT2D eigenvalue weighted by Crippen LogP contribution is -2.04. The number of hydrogen-bond donors (Lipinski definition) is 0. The maximum atomic E-state index is 12.4. The van der Waals surface area contributed by atoms with E-state index in [1.807, 2.05) is 0 Å². The van der Waals surface area contributed by atoms with Crippen molar-refractivity contribution in [2.75, 3.05) is 5.33 Å². The molecule has 1 rings (SSSR count). The molecule has 0 aliphatic rings. The van der Waals surface area contributed by atoms with Gasteiger partial charge in [0.15, 0.2) is 0 Å². The average Bonchev–Trinajstić information content (AvgIpc) is 2.25. The van der Waals surface area contributed by atoms with Gasteiger partial charge in [0.25, 0.3) is 0 Å². The summed E-state index contributed by atoms with van der Waals surface area (Å²) in [5.74, 6) is -0.274. The second-order valence-corrected chi connectivity index (χ2v) is 5.39. The fourth-order valence-corrected chi connectivity index (χ4v) is 2.40. The summed E-state index contributed by atoms with van der Waals surface area (Å²) in [5, 5.41) is 0.651. The molecule has 0 fully saturated rings. The molecule has 0 aliphatic heterocycles. The molecule has 8 heteroatoms. The number of aryl methyl sites for hydroxylation is 1. The highest BCUT2D eigenvalue weighted by molar-refractivity contribution is 9.09. The van der Waals surface area contributed by atoms with Crippen LogP contribution < -0.4 is 4.74 Å². The molecular weight excluding hydrogens is 355 g/mol. The van der Waals surface area contributed by atoms with Gasteiger partial charge in [-0.3, -0.25) is 0 Å². The summed E-state index contributed by atoms with van der Waals surface area (Å²) in [6.45, 7) is -3.06. The number of ether oxygens (including phenoxy) is 1. The van der Waals surface area contributed by atoms with Crippen molar-refractivity contribution in [2.45, 2.75) is 29.9 Å². The van der Waals surface area contributed by atoms with Gasteiger partial charge in [0.2, 0.25) is 0 Å². The first-order chi connectivity index (χ1) is 8.81. The van der Waals surface area contributed by atoms with Crippen LogP contribution in [-0.2, 0) is 6.42 Å². The molecule has 0 N–H and O–H groups in total. The van der Waals surface area contributed by atoms with Crippen molar-refractivity contribution in [3.8, 4) is 5.75 Å². The Morgan fingerprint density at radius 2 is 1.95 bits per heavy atom. The number of alkyl halides is 6. The molecule has 19 heavy (non-hydrogen) atoms. The SMILES string of the molecule is FC(F)Oc1ccc(CCCBr)c(SC(F)(F)F)c1. The van der Waals surface area contributed by atoms with E-state index in [-0.39, 0.29) is 22.4 Å². The van der Waals surface area contributed by atoms with Crippen LogP contribution in [-0.4, -0.2) is 17.4 Å². The molecule has 0 aromatic heterocycles. The van der Waals surface area contributed by atoms with E-state index in [0.717, 1.165) is 6.07 Å². The lowest BCUT2D eigenvalue weighted by atomic mass is 10.1. The largest absolute Gasteiger partial charge is 0.446 e. The van der Waals surface area contributed by atoms with E-state index < -0.39 is 12.1 Å². The van der Waals surface area contributed by atoms with Crippen LogP contribution in [0.25, 0.3) is 0 Å². The van der Waals surface area contributed by atoms with Gasteiger partial charge >= 0.3 is 12.1 Å². The molecular formula is C11H10BrF5OS. The van der Waals surface area contributed by atoms with Gasteiger partial charge in [-0.1, -0.05) is 22.0 Å². The van der Waals surface area contributed by atoms with E-state index in [2.05, 4.69) is 20.7 Å². The molecule has 0 atom stereocenters. The van der Waals surface area contributed by atoms with Crippen LogP contribution in [0.2, 0.25) is 0 Å². The molecule has 0 spiro atoms. The number of hydrogen-bond acceptors (Lipinski definition) is 2. The van der Waals surface area contributed by atoms with Crippen LogP contribution in [0.1, 0.15) is 12.0 Å². The minimum atomic E-state index is -4.47. The van der Waals surface area contributed by atoms with Crippen molar-refractivity contribution in [2.24, 2.45) is 0 Å². The molecule has 0 aliphatic carbocycles. The third-order valence-corrected chi connectivity index (χ3v) is 3.46. The van der Waals surface area contributed by atoms with Gasteiger partial charge in [-0.2, -0.15) is 22.0 Å². The van der Waals surface area contributed by atoms with E-state index in [1.165, 1.54) is 12.1 Å². The highest BCUT2D eigenvalue weighted by atomic mass is 79.9. The molecule has 0 unspecified atom stereocenters. The first-order valence-corrected chi connectivity index (χ1v) is 7.15. The standard InChI is InChI=1S/C11H10BrF5OS/c12-5-1-2-7-3-4-8(18-10(13)14)6-9(7)19-11(15,16)17/h3-4,6,10H,1-2,5H2. The van der Waals surface area contributed by atoms with Crippen molar-refractivity contribution in [3.63, 3.8) is 0 Å². The Kier molecular flexibility index (Phi) is 6.38. The summed E-state index contributed by atoms with van der Waals surface area (Å²) < 4.78 is 65.4. The zero-order valence-corrected chi connectivity index (χ0v) is 11.9. The minimum absolute atomic E-state index is 0.105. The maximum Gasteiger partial charge on any atom is 0.446 e. The third kappa shape index (κ3) is 6.47. The van der Waals surface area contributed by atoms with E-state index in [4.69, 9.17) is 0 Å². The van der Waals surface area contributed by atoms with Crippen LogP contribution in [0.15, 0.2) is 23.1 Å². The number of halogens is 6. The highest BCUT2D eigenvalue weighted by Gasteiger charge is 2.30. The summed E-state index contributed by atoms with van der Waals surface area (Å²) in [6, 6.07) is 3.62. The van der Waals surface area contributed by atoms with Crippen LogP contribution in [0, 0.1) is 0 Å². The van der Waals surface area contributed by atoms with Gasteiger partial charge in [-0.15, -0.1) is 0 Å². The fraction of sp³-hybridized carbons (Fsp3) is 0.455. The summed E-state index contributed by atoms with van der Waals surface area (Å²) in [4.78, 5) is -0.105. The molecule has 1 aromatic rings. The topological polar surface area (TPSA) is 9.23 Å². The molecule has 0 bridgehead atoms. The highest BCUT2D eigenvalue weighted by Crippen LogP contribution is 2.40. The monoisotopic (exact) mass is 364 g/mol. The Hall–Kier alpha value is -0.500. The quantitative estimate of drug-likeness (QED) is 0.388. The Morgan fingerprint density at radius 3 is 2.47 bits per heavy atom. The van der Waals surface area contributed by atoms with Crippen molar-refractivity contribution in [1.82, 2.24) is 0 Å². The van der Waals surface area contributed by atoms with Crippen molar-refractivity contribution < 1.29 is 26.7 Å². The molecule has 0 saturated heterocycles. The van der Waals surface area contributed by atoms with Gasteiger partial charge in [0.1, 0.15) is 5.75 Å². The normalized spacial score (nSPS) is 11.9. The van der Waals surface area contributed by atoms with E-state index in [0.29, 0.717) is 23.7 Å². The van der Waals surface area contributed by atoms with Crippen molar-refractivity contribution in [1.29, 1.82) is 0 Å². The second-order valence-electron chi connectivity index (χ2n) is 3.49. The lowest BCUT2D eigenvalue weighted by Gasteiger charge is -2.13. The van der Waals surface area contributed by atoms with E-state index >= 15 is 0 Å². The zero-order valence-electron chi connectivity index (χ0n) is 9.52. The summed E-state index contributed by atoms with van der Waals surface area (Å²) in [5.41, 5.74) is -4.00. The Bertz CT molecular complexity index is 411. The second kappa shape index (κ2) is 7.33. The Morgan fingerprint density at radius 1 is 1.26 bits per heavy atom. The van der Waals surface area contributed by atoms with Gasteiger partial charge in [-0.25, -0.2) is 0 Å². The minimum Gasteiger partial charge on any atom is -0.435 e. The van der Waals surface area contributed by atoms with Gasteiger partial charge in [0.05, 0.1) is 0 Å². The van der Waals surface area contributed by atoms with Gasteiger partial charge < -0.3 is 4.74 Å². The molecule has 0 heterocycles. The molecule has 0 amide bonds. The molecule has 1 nitrogen and oxygen atoms in total. The smallest absolute Gasteiger partial charge is 0.435 e. The maximum absolute atomic E-state index is 12.4. The average molecular weight is 365 g/mol. The first kappa shape index (κ1) is 16.6. The van der Waals surface area contributed by atoms with Gasteiger partial charge in [0, 0.05) is 10.2 Å². The van der Waals surface area contributed by atoms with Crippen LogP contribution in [0.4, 0.5) is 22.0 Å². The molecule has 0 radical (unpaired) electrons. The number of thioether (sulfide) groups is 1. The zero-order chi connectivity index (χ0) is 14.5. The Labute approximate surface area is 119 Å². The third-order valence-electron chi connectivity index (χ3n) is 2.07. The molecule has 108 valence electrons. The summed E-state index contributed by atoms with van der Waals surface area (Å²) in [6.07, 6.45) is 1.08. The number of benzene rings is 1. The Balaban J connectivity index is 2.96. The summed E-state index contributed by atoms with van der Waals surface area (Å²) >= 11 is 2.87. The predicted octanol–water partition coefficient (Wildman–Crippen LogP) is 5.23. The van der Waals surface area contributed by atoms with Crippen molar-refractivity contribution >= 4 is 27.7 Å². The van der Waals surface area contributed by atoms with Crippen LogP contribution in [0.3, 0.4) is 0 Å². The van der Waals surface area contributed by atoms with Crippen LogP contribution in [0.5, 0.6) is 5.75 Å². The summed E-state index contributed by atoms with van der Waals surface area (Å²) in [7, 11) is 0. The molecule has 1 aromatic carbocycles.